The third kappa shape index (κ3) is 6.03. The van der Waals surface area contributed by atoms with E-state index in [0.717, 1.165) is 71.2 Å². The molecule has 1 N–H and O–H groups in total. The number of ether oxygens (including phenoxy) is 1. The summed E-state index contributed by atoms with van der Waals surface area (Å²) in [6.07, 6.45) is 5.13. The fourth-order valence-electron chi connectivity index (χ4n) is 5.75. The lowest BCUT2D eigenvalue weighted by Gasteiger charge is -2.39. The minimum Gasteiger partial charge on any atom is -0.478 e. The highest BCUT2D eigenvalue weighted by Gasteiger charge is 2.35. The molecule has 9 heteroatoms. The standard InChI is InChI=1S/C33H34ClN4O3Si/c1-22-6-9-29(27(34)16-22)36(2)26-5-3-4-24(18-26)17-23-10-13-37(14-11-23)20-31-35-28-8-7-25(32(39)40)19-30(28)38(31)21-33(42)12-15-41-33/h3-10,16,18-19H,11-15,17,20-21H2,1-2H3,(H,39,40)/t33-/m1/s1. The molecule has 3 radical (unpaired) electrons. The highest BCUT2D eigenvalue weighted by Crippen LogP contribution is 2.33. The summed E-state index contributed by atoms with van der Waals surface area (Å²) >= 11 is 6.54. The summed E-state index contributed by atoms with van der Waals surface area (Å²) < 4.78 is 7.93. The van der Waals surface area contributed by atoms with Gasteiger partial charge in [-0.1, -0.05) is 41.4 Å². The Morgan fingerprint density at radius 2 is 2.02 bits per heavy atom. The third-order valence-electron chi connectivity index (χ3n) is 8.32. The summed E-state index contributed by atoms with van der Waals surface area (Å²) in [5.41, 5.74) is 7.84. The number of aromatic carboxylic acids is 1. The van der Waals surface area contributed by atoms with Gasteiger partial charge in [0.2, 0.25) is 0 Å². The van der Waals surface area contributed by atoms with Gasteiger partial charge in [-0.3, -0.25) is 4.90 Å². The summed E-state index contributed by atoms with van der Waals surface area (Å²) in [7, 11) is 5.85. The predicted octanol–water partition coefficient (Wildman–Crippen LogP) is 6.12. The molecule has 1 atom stereocenters. The van der Waals surface area contributed by atoms with Gasteiger partial charge >= 0.3 is 5.97 Å². The first-order valence-electron chi connectivity index (χ1n) is 14.3. The molecule has 7 nitrogen and oxygen atoms in total. The monoisotopic (exact) mass is 597 g/mol. The van der Waals surface area contributed by atoms with Crippen LogP contribution in [0.15, 0.2) is 72.3 Å². The molecule has 2 aliphatic heterocycles. The Hall–Kier alpha value is -3.43. The first-order chi connectivity index (χ1) is 20.2. The van der Waals surface area contributed by atoms with Crippen molar-refractivity contribution in [2.24, 2.45) is 0 Å². The molecule has 4 aromatic rings. The molecule has 0 bridgehead atoms. The lowest BCUT2D eigenvalue weighted by atomic mass is 9.99. The van der Waals surface area contributed by atoms with E-state index < -0.39 is 11.2 Å². The number of aromatic nitrogens is 2. The summed E-state index contributed by atoms with van der Waals surface area (Å²) in [5, 5.41) is 9.86. The Balaban J connectivity index is 1.16. The minimum atomic E-state index is -0.941. The van der Waals surface area contributed by atoms with Crippen LogP contribution < -0.4 is 4.90 Å². The van der Waals surface area contributed by atoms with E-state index in [4.69, 9.17) is 21.3 Å². The van der Waals surface area contributed by atoms with Crippen molar-refractivity contribution >= 4 is 50.2 Å². The van der Waals surface area contributed by atoms with Crippen LogP contribution in [0.2, 0.25) is 5.02 Å². The van der Waals surface area contributed by atoms with Crippen molar-refractivity contribution in [1.29, 1.82) is 0 Å². The number of carboxylic acid groups (broad SMARTS) is 1. The molecule has 1 fully saturated rings. The highest BCUT2D eigenvalue weighted by molar-refractivity contribution is 6.33. The Morgan fingerprint density at radius 3 is 2.71 bits per heavy atom. The van der Waals surface area contributed by atoms with Gasteiger partial charge in [-0.25, -0.2) is 9.78 Å². The second-order valence-corrected chi connectivity index (χ2v) is 12.7. The molecule has 0 amide bonds. The number of rotatable bonds is 9. The number of nitrogens with zero attached hydrogens (tertiary/aromatic N) is 4. The summed E-state index contributed by atoms with van der Waals surface area (Å²) in [6.45, 7) is 5.79. The maximum absolute atomic E-state index is 11.6. The number of anilines is 2. The second-order valence-electron chi connectivity index (χ2n) is 11.4. The zero-order valence-electron chi connectivity index (χ0n) is 23.9. The molecule has 0 aliphatic carbocycles. The molecule has 0 spiro atoms. The number of fused-ring (bicyclic) bond motifs is 1. The van der Waals surface area contributed by atoms with Crippen molar-refractivity contribution in [3.05, 3.63) is 99.9 Å². The van der Waals surface area contributed by atoms with Crippen molar-refractivity contribution in [3.63, 3.8) is 0 Å². The zero-order chi connectivity index (χ0) is 29.4. The molecule has 6 rings (SSSR count). The molecular weight excluding hydrogens is 564 g/mol. The van der Waals surface area contributed by atoms with Gasteiger partial charge in [0.25, 0.3) is 0 Å². The van der Waals surface area contributed by atoms with Gasteiger partial charge in [-0.2, -0.15) is 0 Å². The molecule has 2 aliphatic rings. The van der Waals surface area contributed by atoms with Crippen LogP contribution in [-0.2, 0) is 24.2 Å². The van der Waals surface area contributed by atoms with E-state index in [1.54, 1.807) is 18.2 Å². The van der Waals surface area contributed by atoms with Gasteiger partial charge in [0.1, 0.15) is 5.82 Å². The quantitative estimate of drug-likeness (QED) is 0.185. The van der Waals surface area contributed by atoms with E-state index in [2.05, 4.69) is 74.1 Å². The first kappa shape index (κ1) is 28.7. The Labute approximate surface area is 254 Å². The Bertz CT molecular complexity index is 1680. The van der Waals surface area contributed by atoms with Gasteiger partial charge in [0.15, 0.2) is 0 Å². The molecule has 42 heavy (non-hydrogen) atoms. The third-order valence-corrected chi connectivity index (χ3v) is 9.17. The first-order valence-corrected chi connectivity index (χ1v) is 15.2. The average molecular weight is 598 g/mol. The fraction of sp³-hybridized carbons (Fsp3) is 0.333. The number of halogens is 1. The van der Waals surface area contributed by atoms with E-state index in [1.165, 1.54) is 11.1 Å². The van der Waals surface area contributed by atoms with Crippen LogP contribution in [0.25, 0.3) is 11.0 Å². The average Bonchev–Trinajstić information content (AvgIpc) is 3.28. The topological polar surface area (TPSA) is 70.8 Å². The van der Waals surface area contributed by atoms with Crippen LogP contribution in [0, 0.1) is 6.92 Å². The van der Waals surface area contributed by atoms with Gasteiger partial charge in [-0.15, -0.1) is 0 Å². The molecule has 3 aromatic carbocycles. The molecule has 0 saturated carbocycles. The Morgan fingerprint density at radius 1 is 1.19 bits per heavy atom. The zero-order valence-corrected chi connectivity index (χ0v) is 25.7. The molecule has 1 saturated heterocycles. The van der Waals surface area contributed by atoms with Crippen LogP contribution in [-0.4, -0.2) is 67.7 Å². The molecule has 215 valence electrons. The molecular formula is C33H34ClN4O3Si. The van der Waals surface area contributed by atoms with Crippen molar-refractivity contribution < 1.29 is 14.6 Å². The lowest BCUT2D eigenvalue weighted by molar-refractivity contribution is -0.0947. The van der Waals surface area contributed by atoms with Crippen molar-refractivity contribution in [2.45, 2.75) is 44.5 Å². The van der Waals surface area contributed by atoms with Crippen LogP contribution >= 0.6 is 11.6 Å². The maximum atomic E-state index is 11.6. The van der Waals surface area contributed by atoms with E-state index in [0.29, 0.717) is 19.7 Å². The minimum absolute atomic E-state index is 0.260. The molecule has 3 heterocycles. The molecule has 0 unspecified atom stereocenters. The summed E-state index contributed by atoms with van der Waals surface area (Å²) in [4.78, 5) is 21.1. The van der Waals surface area contributed by atoms with Crippen LogP contribution in [0.1, 0.15) is 40.2 Å². The number of benzene rings is 3. The van der Waals surface area contributed by atoms with Crippen molar-refractivity contribution in [3.8, 4) is 0 Å². The number of imidazole rings is 1. The van der Waals surface area contributed by atoms with Crippen molar-refractivity contribution in [2.75, 3.05) is 31.6 Å². The number of aryl methyl sites for hydroxylation is 1. The molecule has 1 aromatic heterocycles. The SMILES string of the molecule is Cc1ccc(N(C)c2cccc(CC3=CCN(Cc4nc5ccc(C(=O)O)cc5n4C[C@]4([Si])CCO4)CC3)c2)c(Cl)c1. The van der Waals surface area contributed by atoms with Crippen LogP contribution in [0.5, 0.6) is 0 Å². The second kappa shape index (κ2) is 11.7. The van der Waals surface area contributed by atoms with Gasteiger partial charge in [0.05, 0.1) is 49.3 Å². The fourth-order valence-corrected chi connectivity index (χ4v) is 6.47. The van der Waals surface area contributed by atoms with Crippen LogP contribution in [0.3, 0.4) is 0 Å². The number of carbonyl (C=O) groups is 1. The van der Waals surface area contributed by atoms with Gasteiger partial charge in [0, 0.05) is 39.0 Å². The highest BCUT2D eigenvalue weighted by atomic mass is 35.5. The van der Waals surface area contributed by atoms with E-state index in [-0.39, 0.29) is 5.56 Å². The van der Waals surface area contributed by atoms with E-state index in [1.807, 2.05) is 13.0 Å². The smallest absolute Gasteiger partial charge is 0.335 e. The summed E-state index contributed by atoms with van der Waals surface area (Å²) in [6, 6.07) is 19.9. The largest absolute Gasteiger partial charge is 0.478 e. The normalized spacial score (nSPS) is 19.0. The number of carboxylic acids is 1. The van der Waals surface area contributed by atoms with Crippen LogP contribution in [0.4, 0.5) is 11.4 Å². The Kier molecular flexibility index (Phi) is 7.98. The number of hydrogen-bond acceptors (Lipinski definition) is 5. The van der Waals surface area contributed by atoms with Crippen molar-refractivity contribution in [1.82, 2.24) is 14.5 Å². The maximum Gasteiger partial charge on any atom is 0.335 e. The van der Waals surface area contributed by atoms with E-state index >= 15 is 0 Å². The van der Waals surface area contributed by atoms with Gasteiger partial charge in [-0.05, 0) is 79.8 Å². The number of hydrogen-bond donors (Lipinski definition) is 1. The van der Waals surface area contributed by atoms with Gasteiger partial charge < -0.3 is 19.3 Å². The van der Waals surface area contributed by atoms with E-state index in [9.17, 15) is 9.90 Å². The summed E-state index contributed by atoms with van der Waals surface area (Å²) in [5.74, 6) is -0.0213. The predicted molar refractivity (Wildman–Crippen MR) is 168 cm³/mol. The lowest BCUT2D eigenvalue weighted by Crippen LogP contribution is -2.48.